The summed E-state index contributed by atoms with van der Waals surface area (Å²) < 4.78 is 0. The second kappa shape index (κ2) is 9.96. The molecule has 1 saturated carbocycles. The topological polar surface area (TPSA) is 72.3 Å². The Bertz CT molecular complexity index is 971. The third-order valence-corrected chi connectivity index (χ3v) is 5.68. The highest BCUT2D eigenvalue weighted by Gasteiger charge is 2.43. The van der Waals surface area contributed by atoms with Gasteiger partial charge < -0.3 is 15.0 Å². The summed E-state index contributed by atoms with van der Waals surface area (Å²) in [4.78, 5) is 22.6. The van der Waals surface area contributed by atoms with Crippen LogP contribution in [0.3, 0.4) is 0 Å². The molecule has 2 aromatic carbocycles. The number of benzene rings is 2. The zero-order valence-corrected chi connectivity index (χ0v) is 18.5. The quantitative estimate of drug-likeness (QED) is 0.467. The fourth-order valence-electron chi connectivity index (χ4n) is 3.41. The van der Waals surface area contributed by atoms with Crippen molar-refractivity contribution in [2.75, 3.05) is 14.2 Å². The van der Waals surface area contributed by atoms with Crippen molar-refractivity contribution >= 4 is 40.5 Å². The Hall–Kier alpha value is -2.57. The zero-order chi connectivity index (χ0) is 21.7. The van der Waals surface area contributed by atoms with Gasteiger partial charge in [0.2, 0.25) is 0 Å². The third-order valence-electron chi connectivity index (χ3n) is 5.02. The normalized spacial score (nSPS) is 18.7. The number of carbonyl (C=O) groups excluding carboxylic acids is 1. The zero-order valence-electron chi connectivity index (χ0n) is 17.0. The van der Waals surface area contributed by atoms with Gasteiger partial charge in [0.25, 0.3) is 5.91 Å². The Labute approximate surface area is 185 Å². The molecule has 2 aromatic rings. The molecule has 0 unspecified atom stereocenters. The molecule has 0 aromatic heterocycles. The summed E-state index contributed by atoms with van der Waals surface area (Å²) in [6.07, 6.45) is 0.931. The van der Waals surface area contributed by atoms with E-state index < -0.39 is 0 Å². The molecular weight excluding hydrogens is 425 g/mol. The van der Waals surface area contributed by atoms with E-state index in [0.29, 0.717) is 15.6 Å². The van der Waals surface area contributed by atoms with E-state index in [2.05, 4.69) is 15.6 Å². The van der Waals surface area contributed by atoms with Gasteiger partial charge in [-0.15, -0.1) is 0 Å². The number of nitrogens with one attached hydrogen (secondary N) is 1. The van der Waals surface area contributed by atoms with Gasteiger partial charge in [0.15, 0.2) is 5.71 Å². The number of carbonyl (C=O) groups is 1. The largest absolute Gasteiger partial charge is 0.398 e. The van der Waals surface area contributed by atoms with E-state index in [-0.39, 0.29) is 30.1 Å². The van der Waals surface area contributed by atoms with Gasteiger partial charge in [-0.05, 0) is 37.0 Å². The van der Waals surface area contributed by atoms with Crippen molar-refractivity contribution in [3.8, 4) is 0 Å². The number of likely N-dealkylation sites (N-methyl/N-ethyl adjacent to an activating group) is 1. The van der Waals surface area contributed by atoms with Crippen molar-refractivity contribution in [1.82, 2.24) is 5.32 Å². The van der Waals surface area contributed by atoms with Crippen molar-refractivity contribution in [1.29, 1.82) is 0 Å². The molecule has 0 bridgehead atoms. The molecule has 3 rings (SSSR count). The van der Waals surface area contributed by atoms with E-state index in [1.54, 1.807) is 6.07 Å². The van der Waals surface area contributed by atoms with Crippen LogP contribution in [0.1, 0.15) is 36.0 Å². The fourth-order valence-corrected chi connectivity index (χ4v) is 4.09. The van der Waals surface area contributed by atoms with Gasteiger partial charge in [0.05, 0.1) is 5.71 Å². The molecule has 0 aliphatic heterocycles. The number of amides is 1. The molecule has 158 valence electrons. The number of rotatable bonds is 8. The van der Waals surface area contributed by atoms with Crippen molar-refractivity contribution < 1.29 is 14.5 Å². The number of hydrogen-bond donors (Lipinski definition) is 1. The van der Waals surface area contributed by atoms with Crippen LogP contribution in [0.4, 0.5) is 0 Å². The molecule has 30 heavy (non-hydrogen) atoms. The predicted octanol–water partition coefficient (Wildman–Crippen LogP) is 4.79. The molecule has 0 spiro atoms. The maximum atomic E-state index is 12.1. The Balaban J connectivity index is 1.69. The first-order valence-electron chi connectivity index (χ1n) is 9.49. The number of hydrogen-bond acceptors (Lipinski definition) is 5. The van der Waals surface area contributed by atoms with Crippen LogP contribution >= 0.6 is 23.2 Å². The summed E-state index contributed by atoms with van der Waals surface area (Å²) >= 11 is 12.6. The molecule has 1 amide bonds. The summed E-state index contributed by atoms with van der Waals surface area (Å²) in [7, 11) is 2.94. The first-order chi connectivity index (χ1) is 14.5. The smallest absolute Gasteiger partial charge is 0.273 e. The summed E-state index contributed by atoms with van der Waals surface area (Å²) in [5.41, 5.74) is 3.42. The van der Waals surface area contributed by atoms with Crippen LogP contribution in [-0.4, -0.2) is 31.5 Å². The third kappa shape index (κ3) is 4.94. The minimum atomic E-state index is -0.346. The van der Waals surface area contributed by atoms with E-state index in [9.17, 15) is 4.79 Å². The monoisotopic (exact) mass is 447 g/mol. The molecule has 0 radical (unpaired) electrons. The predicted molar refractivity (Wildman–Crippen MR) is 119 cm³/mol. The average Bonchev–Trinajstić information content (AvgIpc) is 3.52. The van der Waals surface area contributed by atoms with Gasteiger partial charge in [-0.25, -0.2) is 0 Å². The molecular formula is C22H23Cl2N3O3. The van der Waals surface area contributed by atoms with Crippen molar-refractivity contribution in [3.63, 3.8) is 0 Å². The highest BCUT2D eigenvalue weighted by Crippen LogP contribution is 2.52. The SMILES string of the molecule is CNC(=O)C(=NOC)c1ccccc1CON=C(C)[C@@H]1C[C@H]1c1c(Cl)cccc1Cl. The Kier molecular flexibility index (Phi) is 7.34. The van der Waals surface area contributed by atoms with Crippen molar-refractivity contribution in [3.05, 3.63) is 69.2 Å². The molecule has 0 saturated heterocycles. The van der Waals surface area contributed by atoms with Crippen LogP contribution in [0.5, 0.6) is 0 Å². The summed E-state index contributed by atoms with van der Waals surface area (Å²) in [6.45, 7) is 2.13. The molecule has 8 heteroatoms. The first kappa shape index (κ1) is 22.1. The van der Waals surface area contributed by atoms with Gasteiger partial charge in [-0.3, -0.25) is 4.79 Å². The van der Waals surface area contributed by atoms with Gasteiger partial charge >= 0.3 is 0 Å². The minimum absolute atomic E-state index is 0.176. The van der Waals surface area contributed by atoms with Crippen molar-refractivity contribution in [2.45, 2.75) is 25.9 Å². The van der Waals surface area contributed by atoms with Crippen molar-refractivity contribution in [2.24, 2.45) is 16.2 Å². The summed E-state index contributed by atoms with van der Waals surface area (Å²) in [6, 6.07) is 12.9. The molecule has 1 N–H and O–H groups in total. The second-order valence-corrected chi connectivity index (χ2v) is 7.76. The maximum absolute atomic E-state index is 12.1. The first-order valence-corrected chi connectivity index (χ1v) is 10.2. The molecule has 0 heterocycles. The lowest BCUT2D eigenvalue weighted by Gasteiger charge is -2.10. The van der Waals surface area contributed by atoms with Gasteiger partial charge in [0.1, 0.15) is 13.7 Å². The van der Waals surface area contributed by atoms with Crippen LogP contribution in [0.15, 0.2) is 52.8 Å². The van der Waals surface area contributed by atoms with Gasteiger partial charge in [-0.2, -0.15) is 0 Å². The Morgan fingerprint density at radius 3 is 2.50 bits per heavy atom. The molecule has 6 nitrogen and oxygen atoms in total. The van der Waals surface area contributed by atoms with Crippen LogP contribution in [0, 0.1) is 5.92 Å². The summed E-state index contributed by atoms with van der Waals surface area (Å²) in [5.74, 6) is 0.148. The van der Waals surface area contributed by atoms with Crippen LogP contribution in [-0.2, 0) is 21.1 Å². The fraction of sp³-hybridized carbons (Fsp3) is 0.318. The lowest BCUT2D eigenvalue weighted by atomic mass is 10.0. The highest BCUT2D eigenvalue weighted by molar-refractivity contribution is 6.45. The standard InChI is InChI=1S/C22H23Cl2N3O3/c1-13(16-11-17(16)20-18(23)9-6-10-19(20)24)26-30-12-14-7-4-5-8-15(14)21(27-29-3)22(28)25-2/h4-10,16-17H,11-12H2,1-3H3,(H,25,28)/t16-,17+/m0/s1. The summed E-state index contributed by atoms with van der Waals surface area (Å²) in [5, 5.41) is 12.1. The Morgan fingerprint density at radius 1 is 1.13 bits per heavy atom. The van der Waals surface area contributed by atoms with Crippen LogP contribution < -0.4 is 5.32 Å². The van der Waals surface area contributed by atoms with E-state index in [4.69, 9.17) is 32.9 Å². The molecule has 1 aliphatic carbocycles. The lowest BCUT2D eigenvalue weighted by molar-refractivity contribution is -0.114. The minimum Gasteiger partial charge on any atom is -0.398 e. The molecule has 1 aliphatic rings. The number of nitrogens with zero attached hydrogens (tertiary/aromatic N) is 2. The van der Waals surface area contributed by atoms with Crippen LogP contribution in [0.2, 0.25) is 10.0 Å². The van der Waals surface area contributed by atoms with Gasteiger partial charge in [-0.1, -0.05) is 63.8 Å². The highest BCUT2D eigenvalue weighted by atomic mass is 35.5. The maximum Gasteiger partial charge on any atom is 0.273 e. The molecule has 2 atom stereocenters. The molecule has 1 fully saturated rings. The van der Waals surface area contributed by atoms with E-state index in [0.717, 1.165) is 23.3 Å². The van der Waals surface area contributed by atoms with E-state index in [1.165, 1.54) is 14.2 Å². The Morgan fingerprint density at radius 2 is 1.83 bits per heavy atom. The second-order valence-electron chi connectivity index (χ2n) is 6.95. The lowest BCUT2D eigenvalue weighted by Crippen LogP contribution is -2.29. The van der Waals surface area contributed by atoms with E-state index >= 15 is 0 Å². The van der Waals surface area contributed by atoms with E-state index in [1.807, 2.05) is 43.3 Å². The number of oxime groups is 2. The van der Waals surface area contributed by atoms with Crippen LogP contribution in [0.25, 0.3) is 0 Å². The number of halogens is 2. The average molecular weight is 448 g/mol. The van der Waals surface area contributed by atoms with Gasteiger partial charge in [0, 0.05) is 34.1 Å².